The molecule has 1 N–H and O–H groups in total. The van der Waals surface area contributed by atoms with Crippen molar-refractivity contribution in [3.05, 3.63) is 143 Å². The normalized spacial score (nSPS) is 18.4. The number of hydrogen-bond donors (Lipinski definition) is 1. The van der Waals surface area contributed by atoms with Crippen LogP contribution in [0.1, 0.15) is 96.6 Å². The molecule has 0 fully saturated rings. The molecule has 0 radical (unpaired) electrons. The molecule has 0 amide bonds. The molecule has 13 heteroatoms. The Kier molecular flexibility index (Phi) is 15.5. The summed E-state index contributed by atoms with van der Waals surface area (Å²) in [5.74, 6) is 0.664. The molecule has 63 heavy (non-hydrogen) atoms. The average Bonchev–Trinajstić information content (AvgIpc) is 3.58. The standard InChI is InChI=1S/C50H58N2O8S2.Na/c1-49(2)42-20-9-10-21-43(42)51(33-12-14-35-61(54,55)56)45(49)30-23-37-17-15-18-38(48(37)60-39-25-27-40(28-26-39)62(57,58)59)24-31-46-50(3,4)47-41-19-8-7-16-36(41)22-29-44(47)52(46)32-11-5-6-13-34-53;/h7-10,16,19-31,53H,5-6,11-15,17-18,32-35H2,1-4H3,(H-,54,55,56,57,58,59);/q;+1/p-1. The Labute approximate surface area is 395 Å². The van der Waals surface area contributed by atoms with E-state index in [4.69, 9.17) is 4.74 Å². The van der Waals surface area contributed by atoms with E-state index in [9.17, 15) is 31.0 Å². The smallest absolute Gasteiger partial charge is 0.748 e. The second-order valence-corrected chi connectivity index (χ2v) is 20.5. The zero-order valence-corrected chi connectivity index (χ0v) is 40.7. The van der Waals surface area contributed by atoms with Crippen LogP contribution in [0.4, 0.5) is 11.4 Å². The molecule has 1 aliphatic carbocycles. The van der Waals surface area contributed by atoms with Crippen LogP contribution in [0.15, 0.2) is 137 Å². The van der Waals surface area contributed by atoms with Crippen LogP contribution in [0.25, 0.3) is 10.8 Å². The van der Waals surface area contributed by atoms with Gasteiger partial charge < -0.3 is 23.8 Å². The number of unbranched alkanes of at least 4 members (excludes halogenated alkanes) is 4. The maximum Gasteiger partial charge on any atom is 1.00 e. The van der Waals surface area contributed by atoms with Crippen LogP contribution in [0.2, 0.25) is 0 Å². The van der Waals surface area contributed by atoms with Gasteiger partial charge in [0.05, 0.1) is 20.4 Å². The SMILES string of the molecule is CC1(C)C(/C=C/C2=C(Oc3ccc(S(=O)(=O)[O-])cc3)C(=C/C=C3/N(CCCCS(=O)(=O)[O-])c4ccccc4C3(C)C)/CCC2)=[N+](CCCCCCO)c2ccc3ccccc3c21.[Na+]. The zero-order chi connectivity index (χ0) is 44.3. The number of allylic oxidation sites excluding steroid dienone is 7. The number of aliphatic hydroxyl groups excluding tert-OH is 1. The van der Waals surface area contributed by atoms with Crippen LogP contribution >= 0.6 is 0 Å². The van der Waals surface area contributed by atoms with E-state index in [1.165, 1.54) is 52.0 Å². The van der Waals surface area contributed by atoms with Crippen LogP contribution in [0.3, 0.4) is 0 Å². The number of aliphatic hydroxyl groups is 1. The largest absolute Gasteiger partial charge is 1.00 e. The van der Waals surface area contributed by atoms with Crippen molar-refractivity contribution >= 4 is 48.1 Å². The maximum absolute atomic E-state index is 11.8. The van der Waals surface area contributed by atoms with Crippen LogP contribution in [0.5, 0.6) is 5.75 Å². The van der Waals surface area contributed by atoms with Gasteiger partial charge in [-0.05, 0) is 135 Å². The first kappa shape index (κ1) is 48.6. The van der Waals surface area contributed by atoms with E-state index in [1.54, 1.807) is 0 Å². The van der Waals surface area contributed by atoms with E-state index in [0.29, 0.717) is 24.5 Å². The number of nitrogens with zero attached hydrogens (tertiary/aromatic N) is 2. The number of para-hydroxylation sites is 1. The van der Waals surface area contributed by atoms with E-state index in [-0.39, 0.29) is 58.3 Å². The van der Waals surface area contributed by atoms with E-state index in [0.717, 1.165) is 79.6 Å². The summed E-state index contributed by atoms with van der Waals surface area (Å²) in [4.78, 5) is 1.89. The Morgan fingerprint density at radius 3 is 2.22 bits per heavy atom. The first-order valence-electron chi connectivity index (χ1n) is 21.7. The molecule has 2 heterocycles. The van der Waals surface area contributed by atoms with Gasteiger partial charge in [-0.15, -0.1) is 0 Å². The molecule has 4 aromatic rings. The van der Waals surface area contributed by atoms with Crippen molar-refractivity contribution in [1.82, 2.24) is 0 Å². The summed E-state index contributed by atoms with van der Waals surface area (Å²) in [5, 5.41) is 11.8. The Bertz CT molecular complexity index is 2720. The zero-order valence-electron chi connectivity index (χ0n) is 37.1. The Morgan fingerprint density at radius 2 is 1.49 bits per heavy atom. The number of benzene rings is 4. The summed E-state index contributed by atoms with van der Waals surface area (Å²) in [6.07, 6.45) is 15.5. The molecule has 0 saturated heterocycles. The number of ether oxygens (including phenoxy) is 1. The molecule has 3 aliphatic rings. The van der Waals surface area contributed by atoms with E-state index >= 15 is 0 Å². The quantitative estimate of drug-likeness (QED) is 0.0530. The number of fused-ring (bicyclic) bond motifs is 4. The van der Waals surface area contributed by atoms with Crippen LogP contribution in [0, 0.1) is 0 Å². The first-order valence-corrected chi connectivity index (χ1v) is 24.6. The van der Waals surface area contributed by atoms with E-state index < -0.39 is 26.0 Å². The fraction of sp³-hybridized carbons (Fsp3) is 0.380. The third kappa shape index (κ3) is 10.8. The van der Waals surface area contributed by atoms with Crippen LogP contribution in [-0.4, -0.2) is 66.8 Å². The van der Waals surface area contributed by atoms with Gasteiger partial charge in [-0.25, -0.2) is 16.8 Å². The van der Waals surface area contributed by atoms with Gasteiger partial charge >= 0.3 is 29.6 Å². The van der Waals surface area contributed by atoms with Crippen molar-refractivity contribution in [1.29, 1.82) is 0 Å². The van der Waals surface area contributed by atoms with Gasteiger partial charge in [-0.3, -0.25) is 0 Å². The van der Waals surface area contributed by atoms with Crippen LogP contribution < -0.4 is 39.2 Å². The third-order valence-corrected chi connectivity index (χ3v) is 14.2. The summed E-state index contributed by atoms with van der Waals surface area (Å²) in [7, 11) is -8.96. The molecular formula is C50H57N2NaO8S2. The van der Waals surface area contributed by atoms with Gasteiger partial charge in [0.2, 0.25) is 5.69 Å². The fourth-order valence-electron chi connectivity index (χ4n) is 9.45. The minimum absolute atomic E-state index is 0. The second-order valence-electron chi connectivity index (χ2n) is 17.6. The fourth-order valence-corrected chi connectivity index (χ4v) is 10.5. The summed E-state index contributed by atoms with van der Waals surface area (Å²) in [5.41, 5.74) is 8.12. The molecule has 0 atom stereocenters. The van der Waals surface area contributed by atoms with Gasteiger partial charge in [0.1, 0.15) is 28.2 Å². The summed E-state index contributed by atoms with van der Waals surface area (Å²) < 4.78 is 78.8. The molecule has 0 spiro atoms. The summed E-state index contributed by atoms with van der Waals surface area (Å²) in [6, 6.07) is 26.7. The Morgan fingerprint density at radius 1 is 0.778 bits per heavy atom. The second kappa shape index (κ2) is 20.1. The molecule has 328 valence electrons. The molecular weight excluding hydrogens is 844 g/mol. The topological polar surface area (TPSA) is 150 Å². The molecule has 4 aromatic carbocycles. The van der Waals surface area contributed by atoms with Gasteiger partial charge in [0.15, 0.2) is 5.71 Å². The molecule has 2 aliphatic heterocycles. The van der Waals surface area contributed by atoms with Crippen molar-refractivity contribution in [3.63, 3.8) is 0 Å². The molecule has 0 unspecified atom stereocenters. The number of rotatable bonds is 17. The van der Waals surface area contributed by atoms with Crippen molar-refractivity contribution in [2.45, 2.75) is 101 Å². The predicted molar refractivity (Wildman–Crippen MR) is 244 cm³/mol. The average molecular weight is 901 g/mol. The van der Waals surface area contributed by atoms with E-state index in [1.807, 2.05) is 12.1 Å². The summed E-state index contributed by atoms with van der Waals surface area (Å²) >= 11 is 0. The van der Waals surface area contributed by atoms with Crippen molar-refractivity contribution in [2.75, 3.05) is 30.3 Å². The maximum atomic E-state index is 11.8. The third-order valence-electron chi connectivity index (χ3n) is 12.6. The molecule has 10 nitrogen and oxygen atoms in total. The molecule has 0 bridgehead atoms. The predicted octanol–water partition coefficient (Wildman–Crippen LogP) is 6.68. The van der Waals surface area contributed by atoms with Crippen molar-refractivity contribution in [2.24, 2.45) is 0 Å². The minimum atomic E-state index is -4.65. The van der Waals surface area contributed by atoms with Gasteiger partial charge in [0, 0.05) is 59.8 Å². The van der Waals surface area contributed by atoms with Gasteiger partial charge in [0.25, 0.3) is 0 Å². The molecule has 0 saturated carbocycles. The van der Waals surface area contributed by atoms with E-state index in [2.05, 4.69) is 110 Å². The Balaban J connectivity index is 0.00000661. The van der Waals surface area contributed by atoms with Crippen molar-refractivity contribution in [3.8, 4) is 5.75 Å². The van der Waals surface area contributed by atoms with Crippen molar-refractivity contribution < 1.29 is 69.9 Å². The van der Waals surface area contributed by atoms with Gasteiger partial charge in [-0.1, -0.05) is 68.8 Å². The monoisotopic (exact) mass is 900 g/mol. The molecule has 7 rings (SSSR count). The summed E-state index contributed by atoms with van der Waals surface area (Å²) in [6.45, 7) is 10.5. The number of anilines is 1. The molecule has 0 aromatic heterocycles. The number of hydrogen-bond acceptors (Lipinski definition) is 9. The minimum Gasteiger partial charge on any atom is -0.748 e. The van der Waals surface area contributed by atoms with Crippen LogP contribution in [-0.2, 0) is 31.1 Å². The van der Waals surface area contributed by atoms with Gasteiger partial charge in [-0.2, -0.15) is 4.58 Å². The first-order chi connectivity index (χ1) is 29.5. The Hall–Kier alpha value is -3.85.